The van der Waals surface area contributed by atoms with E-state index < -0.39 is 0 Å². The lowest BCUT2D eigenvalue weighted by molar-refractivity contribution is 1.30. The minimum Gasteiger partial charge on any atom is -0.388 e. The first-order valence-electron chi connectivity index (χ1n) is 4.83. The maximum atomic E-state index is 5.89. The second kappa shape index (κ2) is 4.64. The molecule has 0 aromatic heterocycles. The molecule has 15 heavy (non-hydrogen) atoms. The van der Waals surface area contributed by atoms with E-state index in [9.17, 15) is 0 Å². The molecule has 0 aliphatic rings. The quantitative estimate of drug-likeness (QED) is 0.585. The molecule has 0 aliphatic carbocycles. The summed E-state index contributed by atoms with van der Waals surface area (Å²) in [6.07, 6.45) is 0. The average Bonchev–Trinajstić information content (AvgIpc) is 2.16. The Morgan fingerprint density at radius 2 is 2.13 bits per heavy atom. The van der Waals surface area contributed by atoms with Gasteiger partial charge in [-0.25, -0.2) is 4.99 Å². The smallest absolute Gasteiger partial charge is 0.133 e. The Bertz CT molecular complexity index is 405. The molecule has 0 unspecified atom stereocenters. The molecule has 0 bridgehead atoms. The summed E-state index contributed by atoms with van der Waals surface area (Å²) in [5.41, 5.74) is 9.64. The van der Waals surface area contributed by atoms with E-state index in [1.54, 1.807) is 0 Å². The summed E-state index contributed by atoms with van der Waals surface area (Å²) >= 11 is 0. The normalized spacial score (nSPS) is 11.3. The number of aryl methyl sites for hydroxylation is 1. The predicted molar refractivity (Wildman–Crippen MR) is 66.3 cm³/mol. The summed E-state index contributed by atoms with van der Waals surface area (Å²) in [5.74, 6) is 0.496. The van der Waals surface area contributed by atoms with Gasteiger partial charge in [0.05, 0.1) is 0 Å². The van der Waals surface area contributed by atoms with Crippen LogP contribution >= 0.6 is 0 Å². The number of anilines is 1. The molecule has 3 nitrogen and oxygen atoms in total. The van der Waals surface area contributed by atoms with Crippen molar-refractivity contribution in [2.75, 3.05) is 12.4 Å². The van der Waals surface area contributed by atoms with E-state index in [1.165, 1.54) is 0 Å². The van der Waals surface area contributed by atoms with Gasteiger partial charge in [-0.05, 0) is 26.0 Å². The fraction of sp³-hybridized carbons (Fsp3) is 0.250. The first-order valence-corrected chi connectivity index (χ1v) is 4.83. The third kappa shape index (κ3) is 2.84. The molecule has 0 saturated heterocycles. The molecule has 0 fully saturated rings. The number of hydrogen-bond acceptors (Lipinski definition) is 2. The number of allylic oxidation sites excluding steroid dienone is 1. The van der Waals surface area contributed by atoms with Crippen molar-refractivity contribution in [3.8, 4) is 0 Å². The minimum atomic E-state index is 0.496. The van der Waals surface area contributed by atoms with E-state index in [4.69, 9.17) is 5.73 Å². The van der Waals surface area contributed by atoms with E-state index in [2.05, 4.69) is 16.9 Å². The molecule has 80 valence electrons. The summed E-state index contributed by atoms with van der Waals surface area (Å²) in [5, 5.41) is 3.09. The molecule has 0 saturated carbocycles. The van der Waals surface area contributed by atoms with Crippen LogP contribution in [0.25, 0.3) is 0 Å². The van der Waals surface area contributed by atoms with E-state index in [1.807, 2.05) is 39.1 Å². The Morgan fingerprint density at radius 3 is 2.67 bits per heavy atom. The lowest BCUT2D eigenvalue weighted by atomic mass is 10.1. The van der Waals surface area contributed by atoms with E-state index in [-0.39, 0.29) is 0 Å². The Kier molecular flexibility index (Phi) is 3.50. The highest BCUT2D eigenvalue weighted by molar-refractivity contribution is 6.03. The SMILES string of the molecule is C=C(C)N=C(N)c1cc(C)ccc1NC. The fourth-order valence-corrected chi connectivity index (χ4v) is 1.35. The number of benzene rings is 1. The molecule has 0 spiro atoms. The van der Waals surface area contributed by atoms with Crippen molar-refractivity contribution in [1.82, 2.24) is 0 Å². The zero-order valence-electron chi connectivity index (χ0n) is 9.46. The summed E-state index contributed by atoms with van der Waals surface area (Å²) < 4.78 is 0. The summed E-state index contributed by atoms with van der Waals surface area (Å²) in [6, 6.07) is 6.03. The number of amidine groups is 1. The van der Waals surface area contributed by atoms with Gasteiger partial charge in [0.25, 0.3) is 0 Å². The molecule has 0 heterocycles. The maximum Gasteiger partial charge on any atom is 0.133 e. The van der Waals surface area contributed by atoms with Crippen molar-refractivity contribution in [1.29, 1.82) is 0 Å². The van der Waals surface area contributed by atoms with Crippen molar-refractivity contribution in [2.24, 2.45) is 10.7 Å². The third-order valence-electron chi connectivity index (χ3n) is 2.03. The highest BCUT2D eigenvalue weighted by Gasteiger charge is 2.05. The summed E-state index contributed by atoms with van der Waals surface area (Å²) in [6.45, 7) is 7.56. The van der Waals surface area contributed by atoms with E-state index in [0.29, 0.717) is 11.5 Å². The largest absolute Gasteiger partial charge is 0.388 e. The number of aliphatic imine (C=N–C) groups is 1. The number of rotatable bonds is 3. The van der Waals surface area contributed by atoms with Crippen LogP contribution in [-0.4, -0.2) is 12.9 Å². The standard InChI is InChI=1S/C12H17N3/c1-8(2)15-12(13)10-7-9(3)5-6-11(10)14-4/h5-7,14H,1H2,2-4H3,(H2,13,15). The Labute approximate surface area is 90.7 Å². The summed E-state index contributed by atoms with van der Waals surface area (Å²) in [4.78, 5) is 4.16. The number of nitrogens with zero attached hydrogens (tertiary/aromatic N) is 1. The van der Waals surface area contributed by atoms with Gasteiger partial charge >= 0.3 is 0 Å². The van der Waals surface area contributed by atoms with Gasteiger partial charge in [-0.3, -0.25) is 0 Å². The first-order chi connectivity index (χ1) is 7.04. The average molecular weight is 203 g/mol. The highest BCUT2D eigenvalue weighted by Crippen LogP contribution is 2.16. The highest BCUT2D eigenvalue weighted by atomic mass is 14.9. The van der Waals surface area contributed by atoms with Crippen LogP contribution in [0.2, 0.25) is 0 Å². The van der Waals surface area contributed by atoms with Crippen LogP contribution in [0.5, 0.6) is 0 Å². The van der Waals surface area contributed by atoms with Gasteiger partial charge in [-0.15, -0.1) is 0 Å². The molecule has 0 amide bonds. The van der Waals surface area contributed by atoms with Crippen molar-refractivity contribution >= 4 is 11.5 Å². The monoisotopic (exact) mass is 203 g/mol. The molecule has 1 aromatic rings. The molecule has 0 atom stereocenters. The van der Waals surface area contributed by atoms with E-state index in [0.717, 1.165) is 16.8 Å². The lowest BCUT2D eigenvalue weighted by Crippen LogP contribution is -2.15. The van der Waals surface area contributed by atoms with Gasteiger partial charge in [-0.2, -0.15) is 0 Å². The molecule has 3 N–H and O–H groups in total. The van der Waals surface area contributed by atoms with Gasteiger partial charge in [-0.1, -0.05) is 18.2 Å². The van der Waals surface area contributed by atoms with Gasteiger partial charge < -0.3 is 11.1 Å². The van der Waals surface area contributed by atoms with Crippen LogP contribution < -0.4 is 11.1 Å². The molecular weight excluding hydrogens is 186 g/mol. The van der Waals surface area contributed by atoms with Gasteiger partial charge in [0, 0.05) is 24.0 Å². The zero-order chi connectivity index (χ0) is 11.4. The molecule has 3 heteroatoms. The molecule has 1 rings (SSSR count). The molecular formula is C12H17N3. The Morgan fingerprint density at radius 1 is 1.47 bits per heavy atom. The Hall–Kier alpha value is -1.77. The predicted octanol–water partition coefficient (Wildman–Crippen LogP) is 2.28. The maximum absolute atomic E-state index is 5.89. The Balaban J connectivity index is 3.22. The first kappa shape index (κ1) is 11.3. The van der Waals surface area contributed by atoms with Gasteiger partial charge in [0.2, 0.25) is 0 Å². The van der Waals surface area contributed by atoms with Crippen LogP contribution in [-0.2, 0) is 0 Å². The molecule has 0 radical (unpaired) electrons. The third-order valence-corrected chi connectivity index (χ3v) is 2.03. The van der Waals surface area contributed by atoms with Crippen LogP contribution in [0.15, 0.2) is 35.5 Å². The van der Waals surface area contributed by atoms with Crippen LogP contribution in [0.3, 0.4) is 0 Å². The topological polar surface area (TPSA) is 50.4 Å². The number of hydrogen-bond donors (Lipinski definition) is 2. The van der Waals surface area contributed by atoms with Crippen molar-refractivity contribution in [3.05, 3.63) is 41.6 Å². The number of nitrogens with two attached hydrogens (primary N) is 1. The minimum absolute atomic E-state index is 0.496. The fourth-order valence-electron chi connectivity index (χ4n) is 1.35. The van der Waals surface area contributed by atoms with Crippen LogP contribution in [0.4, 0.5) is 5.69 Å². The van der Waals surface area contributed by atoms with Crippen molar-refractivity contribution in [3.63, 3.8) is 0 Å². The second-order valence-corrected chi connectivity index (χ2v) is 3.53. The van der Waals surface area contributed by atoms with Crippen LogP contribution in [0, 0.1) is 6.92 Å². The zero-order valence-corrected chi connectivity index (χ0v) is 9.46. The second-order valence-electron chi connectivity index (χ2n) is 3.53. The molecule has 0 aliphatic heterocycles. The van der Waals surface area contributed by atoms with Crippen molar-refractivity contribution < 1.29 is 0 Å². The number of nitrogens with one attached hydrogen (secondary N) is 1. The van der Waals surface area contributed by atoms with Crippen LogP contribution in [0.1, 0.15) is 18.1 Å². The van der Waals surface area contributed by atoms with Crippen molar-refractivity contribution in [2.45, 2.75) is 13.8 Å². The van der Waals surface area contributed by atoms with Gasteiger partial charge in [0.15, 0.2) is 0 Å². The van der Waals surface area contributed by atoms with Gasteiger partial charge in [0.1, 0.15) is 5.84 Å². The lowest BCUT2D eigenvalue weighted by Gasteiger charge is -2.09. The van der Waals surface area contributed by atoms with E-state index >= 15 is 0 Å². The molecule has 1 aromatic carbocycles. The summed E-state index contributed by atoms with van der Waals surface area (Å²) in [7, 11) is 1.86.